The predicted octanol–water partition coefficient (Wildman–Crippen LogP) is 1.88. The van der Waals surface area contributed by atoms with Crippen LogP contribution in [-0.2, 0) is 32.6 Å². The van der Waals surface area contributed by atoms with Crippen molar-refractivity contribution in [1.29, 1.82) is 0 Å². The highest BCUT2D eigenvalue weighted by atomic mass is 32.2. The third-order valence-corrected chi connectivity index (χ3v) is 5.97. The lowest BCUT2D eigenvalue weighted by atomic mass is 10.1. The molecule has 33 heavy (non-hydrogen) atoms. The van der Waals surface area contributed by atoms with E-state index in [9.17, 15) is 18.0 Å². The number of benzene rings is 2. The lowest BCUT2D eigenvalue weighted by Crippen LogP contribution is -2.38. The fourth-order valence-electron chi connectivity index (χ4n) is 2.78. The number of sulfonamides is 1. The van der Waals surface area contributed by atoms with Crippen molar-refractivity contribution in [1.82, 2.24) is 15.5 Å². The lowest BCUT2D eigenvalue weighted by molar-refractivity contribution is -0.139. The highest BCUT2D eigenvalue weighted by Crippen LogP contribution is 2.12. The number of carbonyl (C=O) groups excluding carboxylic acids is 2. The van der Waals surface area contributed by atoms with Crippen LogP contribution in [0.1, 0.15) is 22.6 Å². The van der Waals surface area contributed by atoms with Crippen LogP contribution in [-0.4, -0.2) is 33.0 Å². The van der Waals surface area contributed by atoms with Gasteiger partial charge in [-0.3, -0.25) is 9.59 Å². The molecule has 9 nitrogen and oxygen atoms in total. The van der Waals surface area contributed by atoms with Crippen LogP contribution >= 0.6 is 0 Å². The van der Waals surface area contributed by atoms with Crippen LogP contribution in [0.5, 0.6) is 0 Å². The topological polar surface area (TPSA) is 130 Å². The van der Waals surface area contributed by atoms with Crippen LogP contribution < -0.4 is 15.5 Å². The second-order valence-electron chi connectivity index (χ2n) is 7.13. The van der Waals surface area contributed by atoms with Crippen molar-refractivity contribution in [3.8, 4) is 0 Å². The molecule has 0 bridgehead atoms. The number of hydrogen-bond acceptors (Lipinski definition) is 6. The number of rotatable bonds is 9. The minimum Gasteiger partial charge on any atom is -0.459 e. The first kappa shape index (κ1) is 23.9. The van der Waals surface area contributed by atoms with E-state index in [1.54, 1.807) is 24.3 Å². The summed E-state index contributed by atoms with van der Waals surface area (Å²) >= 11 is 0. The fraction of sp³-hybridized carbons (Fsp3) is 0.174. The highest BCUT2D eigenvalue weighted by molar-refractivity contribution is 7.89. The van der Waals surface area contributed by atoms with Gasteiger partial charge >= 0.3 is 11.8 Å². The Kier molecular flexibility index (Phi) is 8.11. The first-order chi connectivity index (χ1) is 15.8. The first-order valence-electron chi connectivity index (χ1n) is 10.1. The molecular formula is C23H24N4O5S. The van der Waals surface area contributed by atoms with Crippen LogP contribution in [0.4, 0.5) is 0 Å². The van der Waals surface area contributed by atoms with Gasteiger partial charge in [0, 0.05) is 6.54 Å². The Labute approximate surface area is 191 Å². The number of amides is 2. The van der Waals surface area contributed by atoms with Gasteiger partial charge in [-0.05, 0) is 43.2 Å². The molecule has 0 radical (unpaired) electrons. The van der Waals surface area contributed by atoms with Crippen molar-refractivity contribution < 1.29 is 22.4 Å². The normalized spacial score (nSPS) is 11.4. The van der Waals surface area contributed by atoms with Gasteiger partial charge in [-0.25, -0.2) is 18.6 Å². The largest absolute Gasteiger partial charge is 0.459 e. The maximum atomic E-state index is 12.3. The molecule has 0 spiro atoms. The molecule has 172 valence electrons. The summed E-state index contributed by atoms with van der Waals surface area (Å²) in [5.74, 6) is -1.06. The van der Waals surface area contributed by atoms with E-state index >= 15 is 0 Å². The molecule has 0 saturated carbocycles. The monoisotopic (exact) mass is 468 g/mol. The van der Waals surface area contributed by atoms with Gasteiger partial charge in [0.2, 0.25) is 10.0 Å². The molecule has 0 aliphatic rings. The number of carbonyl (C=O) groups is 2. The van der Waals surface area contributed by atoms with Crippen molar-refractivity contribution in [2.75, 3.05) is 6.54 Å². The SMILES string of the molecule is Cc1ccc(S(=O)(=O)NCc2ccc(/C=N/NC(=O)C(=O)NCCc3ccccc3)o2)cc1. The number of aryl methyl sites for hydroxylation is 1. The van der Waals surface area contributed by atoms with Crippen LogP contribution in [0.2, 0.25) is 0 Å². The van der Waals surface area contributed by atoms with E-state index in [4.69, 9.17) is 4.42 Å². The molecule has 3 rings (SSSR count). The average Bonchev–Trinajstić information content (AvgIpc) is 3.26. The summed E-state index contributed by atoms with van der Waals surface area (Å²) in [6, 6.07) is 19.2. The van der Waals surface area contributed by atoms with Gasteiger partial charge in [-0.1, -0.05) is 48.0 Å². The summed E-state index contributed by atoms with van der Waals surface area (Å²) < 4.78 is 32.6. The summed E-state index contributed by atoms with van der Waals surface area (Å²) in [5.41, 5.74) is 4.12. The second-order valence-corrected chi connectivity index (χ2v) is 8.90. The number of furan rings is 1. The van der Waals surface area contributed by atoms with E-state index < -0.39 is 21.8 Å². The molecule has 1 heterocycles. The molecule has 0 aliphatic carbocycles. The van der Waals surface area contributed by atoms with Crippen molar-refractivity contribution in [3.63, 3.8) is 0 Å². The zero-order valence-electron chi connectivity index (χ0n) is 17.9. The molecule has 0 aliphatic heterocycles. The standard InChI is InChI=1S/C23H24N4O5S/c1-17-7-11-21(12-8-17)33(30,31)26-16-20-10-9-19(32-20)15-25-27-23(29)22(28)24-14-13-18-5-3-2-4-6-18/h2-12,15,26H,13-14,16H2,1H3,(H,24,28)(H,27,29)/b25-15+. The maximum Gasteiger partial charge on any atom is 0.329 e. The molecule has 2 amide bonds. The van der Waals surface area contributed by atoms with Gasteiger partial charge in [-0.2, -0.15) is 5.10 Å². The summed E-state index contributed by atoms with van der Waals surface area (Å²) in [5, 5.41) is 6.21. The van der Waals surface area contributed by atoms with Gasteiger partial charge in [-0.15, -0.1) is 0 Å². The Balaban J connectivity index is 1.42. The van der Waals surface area contributed by atoms with E-state index in [1.165, 1.54) is 18.3 Å². The van der Waals surface area contributed by atoms with Gasteiger partial charge in [0.15, 0.2) is 0 Å². The predicted molar refractivity (Wildman–Crippen MR) is 123 cm³/mol. The number of hydrogen-bond donors (Lipinski definition) is 3. The smallest absolute Gasteiger partial charge is 0.329 e. The minimum absolute atomic E-state index is 0.0553. The van der Waals surface area contributed by atoms with Crippen LogP contribution in [0.25, 0.3) is 0 Å². The van der Waals surface area contributed by atoms with Gasteiger partial charge in [0.1, 0.15) is 11.5 Å². The van der Waals surface area contributed by atoms with Crippen LogP contribution in [0.3, 0.4) is 0 Å². The average molecular weight is 469 g/mol. The highest BCUT2D eigenvalue weighted by Gasteiger charge is 2.14. The lowest BCUT2D eigenvalue weighted by Gasteiger charge is -2.05. The third-order valence-electron chi connectivity index (χ3n) is 4.56. The number of hydrazone groups is 1. The third kappa shape index (κ3) is 7.41. The van der Waals surface area contributed by atoms with Crippen LogP contribution in [0, 0.1) is 6.92 Å². The minimum atomic E-state index is -3.67. The van der Waals surface area contributed by atoms with E-state index in [0.717, 1.165) is 11.1 Å². The summed E-state index contributed by atoms with van der Waals surface area (Å²) in [4.78, 5) is 23.8. The van der Waals surface area contributed by atoms with E-state index in [-0.39, 0.29) is 17.2 Å². The molecule has 0 unspecified atom stereocenters. The van der Waals surface area contributed by atoms with E-state index in [1.807, 2.05) is 37.3 Å². The molecule has 3 N–H and O–H groups in total. The van der Waals surface area contributed by atoms with Crippen LogP contribution in [0.15, 0.2) is 81.1 Å². The Morgan fingerprint density at radius 2 is 1.70 bits per heavy atom. The fourth-order valence-corrected chi connectivity index (χ4v) is 3.77. The molecule has 2 aromatic carbocycles. The van der Waals surface area contributed by atoms with E-state index in [0.29, 0.717) is 18.7 Å². The molecule has 0 fully saturated rings. The Hall–Kier alpha value is -3.76. The van der Waals surface area contributed by atoms with Crippen molar-refractivity contribution >= 4 is 28.1 Å². The molecule has 10 heteroatoms. The maximum absolute atomic E-state index is 12.3. The molecule has 0 saturated heterocycles. The Bertz CT molecular complexity index is 1220. The van der Waals surface area contributed by atoms with E-state index in [2.05, 4.69) is 20.6 Å². The Morgan fingerprint density at radius 1 is 0.970 bits per heavy atom. The zero-order chi connectivity index (χ0) is 23.7. The van der Waals surface area contributed by atoms with Crippen molar-refractivity contribution in [2.45, 2.75) is 24.8 Å². The van der Waals surface area contributed by atoms with Crippen molar-refractivity contribution in [2.24, 2.45) is 5.10 Å². The van der Waals surface area contributed by atoms with Gasteiger partial charge in [0.25, 0.3) is 0 Å². The van der Waals surface area contributed by atoms with Crippen molar-refractivity contribution in [3.05, 3.63) is 89.4 Å². The number of nitrogens with one attached hydrogen (secondary N) is 3. The molecule has 3 aromatic rings. The zero-order valence-corrected chi connectivity index (χ0v) is 18.8. The summed E-state index contributed by atoms with van der Waals surface area (Å²) in [7, 11) is -3.67. The second kappa shape index (κ2) is 11.2. The summed E-state index contributed by atoms with van der Waals surface area (Å²) in [6.07, 6.45) is 1.82. The van der Waals surface area contributed by atoms with Gasteiger partial charge in [0.05, 0.1) is 17.7 Å². The first-order valence-corrected chi connectivity index (χ1v) is 11.6. The molecule has 0 atom stereocenters. The quantitative estimate of drug-likeness (QED) is 0.251. The molecular weight excluding hydrogens is 444 g/mol. The Morgan fingerprint density at radius 3 is 2.42 bits per heavy atom. The van der Waals surface area contributed by atoms with Gasteiger partial charge < -0.3 is 9.73 Å². The number of nitrogens with zero attached hydrogens (tertiary/aromatic N) is 1. The molecule has 1 aromatic heterocycles. The summed E-state index contributed by atoms with van der Waals surface area (Å²) in [6.45, 7) is 2.14.